The maximum absolute atomic E-state index is 12.5. The van der Waals surface area contributed by atoms with Crippen molar-refractivity contribution in [2.75, 3.05) is 13.2 Å². The van der Waals surface area contributed by atoms with E-state index >= 15 is 0 Å². The second-order valence-electron chi connectivity index (χ2n) is 20.0. The van der Waals surface area contributed by atoms with Crippen LogP contribution in [0.5, 0.6) is 0 Å². The van der Waals surface area contributed by atoms with Gasteiger partial charge >= 0.3 is 5.97 Å². The fourth-order valence-corrected chi connectivity index (χ4v) is 8.98. The highest BCUT2D eigenvalue weighted by molar-refractivity contribution is 5.76. The number of aliphatic hydroxyl groups is 2. The van der Waals surface area contributed by atoms with E-state index in [0.717, 1.165) is 57.8 Å². The van der Waals surface area contributed by atoms with Crippen LogP contribution >= 0.6 is 0 Å². The lowest BCUT2D eigenvalue weighted by Gasteiger charge is -2.20. The number of rotatable bonds is 54. The molecule has 3 N–H and O–H groups in total. The molecule has 0 aliphatic rings. The maximum atomic E-state index is 12.5. The van der Waals surface area contributed by atoms with Crippen LogP contribution < -0.4 is 5.32 Å². The SMILES string of the molecule is CCCCCC/C=C\CCCCCCCC(=O)OCCCCCCCCCCCCCCCC(=O)NC(CO)C(O)/C=C/CCCCCCCCCCCCCCCCCCCCCC. The molecule has 2 unspecified atom stereocenters. The van der Waals surface area contributed by atoms with E-state index in [-0.39, 0.29) is 18.5 Å². The number of hydrogen-bond donors (Lipinski definition) is 3. The summed E-state index contributed by atoms with van der Waals surface area (Å²) in [5, 5.41) is 23.2. The molecule has 0 radical (unpaired) electrons. The Morgan fingerprint density at radius 1 is 0.415 bits per heavy atom. The minimum Gasteiger partial charge on any atom is -0.466 e. The van der Waals surface area contributed by atoms with Gasteiger partial charge in [0.25, 0.3) is 0 Å². The van der Waals surface area contributed by atoms with Gasteiger partial charge in [-0.1, -0.05) is 269 Å². The number of aliphatic hydroxyl groups excluding tert-OH is 2. The third-order valence-electron chi connectivity index (χ3n) is 13.5. The predicted octanol–water partition coefficient (Wildman–Crippen LogP) is 17.9. The first kappa shape index (κ1) is 63.3. The van der Waals surface area contributed by atoms with Gasteiger partial charge in [0.1, 0.15) is 0 Å². The summed E-state index contributed by atoms with van der Waals surface area (Å²) in [5.74, 6) is -0.0940. The molecule has 0 spiro atoms. The first-order chi connectivity index (χ1) is 32.0. The van der Waals surface area contributed by atoms with Crippen LogP contribution in [0, 0.1) is 0 Å². The van der Waals surface area contributed by atoms with Crippen molar-refractivity contribution in [3.8, 4) is 0 Å². The van der Waals surface area contributed by atoms with Crippen molar-refractivity contribution < 1.29 is 24.5 Å². The molecule has 0 bridgehead atoms. The number of esters is 1. The molecule has 6 heteroatoms. The Hall–Kier alpha value is -1.66. The molecule has 384 valence electrons. The first-order valence-electron chi connectivity index (χ1n) is 29.1. The van der Waals surface area contributed by atoms with Gasteiger partial charge in [-0.05, 0) is 57.8 Å². The molecule has 0 aromatic rings. The van der Waals surface area contributed by atoms with E-state index in [1.807, 2.05) is 6.08 Å². The van der Waals surface area contributed by atoms with E-state index in [9.17, 15) is 19.8 Å². The Bertz CT molecular complexity index is 1010. The highest BCUT2D eigenvalue weighted by Crippen LogP contribution is 2.17. The summed E-state index contributed by atoms with van der Waals surface area (Å²) >= 11 is 0. The molecule has 1 amide bonds. The second kappa shape index (κ2) is 54.9. The second-order valence-corrected chi connectivity index (χ2v) is 20.0. The number of carbonyl (C=O) groups excluding carboxylic acids is 2. The molecular formula is C59H113NO5. The van der Waals surface area contributed by atoms with Gasteiger partial charge in [-0.2, -0.15) is 0 Å². The average molecular weight is 917 g/mol. The Morgan fingerprint density at radius 3 is 1.11 bits per heavy atom. The molecule has 65 heavy (non-hydrogen) atoms. The molecule has 0 aliphatic heterocycles. The smallest absolute Gasteiger partial charge is 0.305 e. The van der Waals surface area contributed by atoms with E-state index in [1.54, 1.807) is 6.08 Å². The lowest BCUT2D eigenvalue weighted by Crippen LogP contribution is -2.45. The summed E-state index contributed by atoms with van der Waals surface area (Å²) in [5.41, 5.74) is 0. The summed E-state index contributed by atoms with van der Waals surface area (Å²) in [6, 6.07) is -0.638. The minimum atomic E-state index is -0.854. The number of unbranched alkanes of at least 4 members (excludes halogenated alkanes) is 41. The first-order valence-corrected chi connectivity index (χ1v) is 29.1. The molecular weight excluding hydrogens is 803 g/mol. The van der Waals surface area contributed by atoms with Crippen molar-refractivity contribution in [1.82, 2.24) is 5.32 Å². The van der Waals surface area contributed by atoms with Crippen LogP contribution in [-0.2, 0) is 14.3 Å². The number of carbonyl (C=O) groups is 2. The van der Waals surface area contributed by atoms with Gasteiger partial charge in [-0.15, -0.1) is 0 Å². The number of amides is 1. The van der Waals surface area contributed by atoms with Crippen LogP contribution in [0.3, 0.4) is 0 Å². The van der Waals surface area contributed by atoms with Gasteiger partial charge in [0.2, 0.25) is 5.91 Å². The van der Waals surface area contributed by atoms with Gasteiger partial charge < -0.3 is 20.3 Å². The van der Waals surface area contributed by atoms with Crippen molar-refractivity contribution in [2.45, 2.75) is 328 Å². The van der Waals surface area contributed by atoms with E-state index in [4.69, 9.17) is 4.74 Å². The Morgan fingerprint density at radius 2 is 0.723 bits per heavy atom. The lowest BCUT2D eigenvalue weighted by molar-refractivity contribution is -0.143. The molecule has 0 aliphatic carbocycles. The molecule has 0 rings (SSSR count). The fraction of sp³-hybridized carbons (Fsp3) is 0.898. The molecule has 2 atom stereocenters. The van der Waals surface area contributed by atoms with Crippen molar-refractivity contribution in [3.63, 3.8) is 0 Å². The molecule has 0 fully saturated rings. The van der Waals surface area contributed by atoms with E-state index in [0.29, 0.717) is 19.4 Å². The van der Waals surface area contributed by atoms with Gasteiger partial charge in [0.05, 0.1) is 25.4 Å². The lowest BCUT2D eigenvalue weighted by atomic mass is 10.0. The molecule has 6 nitrogen and oxygen atoms in total. The predicted molar refractivity (Wildman–Crippen MR) is 283 cm³/mol. The highest BCUT2D eigenvalue weighted by atomic mass is 16.5. The van der Waals surface area contributed by atoms with Crippen molar-refractivity contribution in [3.05, 3.63) is 24.3 Å². The van der Waals surface area contributed by atoms with Crippen molar-refractivity contribution in [2.24, 2.45) is 0 Å². The van der Waals surface area contributed by atoms with Crippen LogP contribution in [0.2, 0.25) is 0 Å². The van der Waals surface area contributed by atoms with Gasteiger partial charge in [0.15, 0.2) is 0 Å². The van der Waals surface area contributed by atoms with Crippen LogP contribution in [0.15, 0.2) is 24.3 Å². The number of ether oxygens (including phenoxy) is 1. The summed E-state index contributed by atoms with van der Waals surface area (Å²) < 4.78 is 5.46. The van der Waals surface area contributed by atoms with Crippen molar-refractivity contribution >= 4 is 11.9 Å². The van der Waals surface area contributed by atoms with E-state index in [1.165, 1.54) is 231 Å². The highest BCUT2D eigenvalue weighted by Gasteiger charge is 2.18. The number of hydrogen-bond acceptors (Lipinski definition) is 5. The van der Waals surface area contributed by atoms with Crippen LogP contribution in [0.25, 0.3) is 0 Å². The summed E-state index contributed by atoms with van der Waals surface area (Å²) in [6.45, 7) is 4.87. The summed E-state index contributed by atoms with van der Waals surface area (Å²) in [7, 11) is 0. The summed E-state index contributed by atoms with van der Waals surface area (Å²) in [6.07, 6.45) is 66.2. The largest absolute Gasteiger partial charge is 0.466 e. The zero-order chi connectivity index (χ0) is 47.2. The Kier molecular flexibility index (Phi) is 53.5. The van der Waals surface area contributed by atoms with E-state index in [2.05, 4.69) is 31.3 Å². The van der Waals surface area contributed by atoms with Gasteiger partial charge in [0, 0.05) is 12.8 Å². The van der Waals surface area contributed by atoms with Crippen LogP contribution in [-0.4, -0.2) is 47.4 Å². The number of nitrogens with one attached hydrogen (secondary N) is 1. The zero-order valence-corrected chi connectivity index (χ0v) is 43.7. The molecule has 0 saturated heterocycles. The Labute approximate surface area is 405 Å². The third-order valence-corrected chi connectivity index (χ3v) is 13.5. The maximum Gasteiger partial charge on any atom is 0.305 e. The Balaban J connectivity index is 3.49. The topological polar surface area (TPSA) is 95.9 Å². The third kappa shape index (κ3) is 51.6. The van der Waals surface area contributed by atoms with Crippen LogP contribution in [0.4, 0.5) is 0 Å². The number of allylic oxidation sites excluding steroid dienone is 3. The standard InChI is InChI=1S/C59H113NO5/c1-3-5-7-9-11-13-15-17-18-19-20-21-22-23-24-25-28-31-35-39-43-47-51-57(62)56(55-61)60-58(63)52-48-44-40-36-32-29-26-30-34-38-42-46-50-54-65-59(64)53-49-45-41-37-33-27-16-14-12-10-8-6-4-2/h14,16,47,51,56-57,61-62H,3-13,15,17-46,48-50,52-55H2,1-2H3,(H,60,63)/b16-14-,51-47+. The fourth-order valence-electron chi connectivity index (χ4n) is 8.98. The molecule has 0 saturated carbocycles. The zero-order valence-electron chi connectivity index (χ0n) is 43.7. The van der Waals surface area contributed by atoms with Crippen LogP contribution in [0.1, 0.15) is 316 Å². The monoisotopic (exact) mass is 916 g/mol. The summed E-state index contributed by atoms with van der Waals surface area (Å²) in [4.78, 5) is 24.5. The normalized spacial score (nSPS) is 12.7. The van der Waals surface area contributed by atoms with E-state index < -0.39 is 12.1 Å². The average Bonchev–Trinajstić information content (AvgIpc) is 3.31. The van der Waals surface area contributed by atoms with Crippen molar-refractivity contribution in [1.29, 1.82) is 0 Å². The van der Waals surface area contributed by atoms with Gasteiger partial charge in [-0.3, -0.25) is 9.59 Å². The molecule has 0 heterocycles. The van der Waals surface area contributed by atoms with Gasteiger partial charge in [-0.25, -0.2) is 0 Å². The molecule has 0 aromatic heterocycles. The molecule has 0 aromatic carbocycles. The quantitative estimate of drug-likeness (QED) is 0.0321. The minimum absolute atomic E-state index is 0.0156.